The van der Waals surface area contributed by atoms with Crippen molar-refractivity contribution in [3.8, 4) is 16.9 Å². The van der Waals surface area contributed by atoms with Gasteiger partial charge < -0.3 is 14.5 Å². The molecule has 4 rings (SSSR count). The van der Waals surface area contributed by atoms with Gasteiger partial charge in [0.15, 0.2) is 0 Å². The maximum atomic E-state index is 12.8. The van der Waals surface area contributed by atoms with Crippen LogP contribution in [0.15, 0.2) is 65.3 Å². The van der Waals surface area contributed by atoms with E-state index in [0.717, 1.165) is 38.8 Å². The van der Waals surface area contributed by atoms with Gasteiger partial charge in [0.05, 0.1) is 17.8 Å². The minimum Gasteiger partial charge on any atom is -0.493 e. The molecule has 0 atom stereocenters. The van der Waals surface area contributed by atoms with Crippen LogP contribution >= 0.6 is 0 Å². The number of amides is 1. The van der Waals surface area contributed by atoms with Crippen LogP contribution in [0.25, 0.3) is 27.7 Å². The molecule has 0 aliphatic rings. The second kappa shape index (κ2) is 10.1. The van der Waals surface area contributed by atoms with E-state index in [9.17, 15) is 14.9 Å². The fraction of sp³-hybridized carbons (Fsp3) is 0.207. The van der Waals surface area contributed by atoms with Crippen molar-refractivity contribution >= 4 is 33.8 Å². The number of fused-ring (bicyclic) bond motifs is 1. The number of rotatable bonds is 7. The normalized spacial score (nSPS) is 11.5. The van der Waals surface area contributed by atoms with E-state index in [2.05, 4.69) is 37.4 Å². The number of aryl methyl sites for hydroxylation is 3. The first-order valence-corrected chi connectivity index (χ1v) is 11.7. The van der Waals surface area contributed by atoms with E-state index >= 15 is 0 Å². The van der Waals surface area contributed by atoms with Crippen molar-refractivity contribution < 1.29 is 18.9 Å². The molecule has 0 saturated carbocycles. The van der Waals surface area contributed by atoms with Crippen LogP contribution in [0, 0.1) is 30.9 Å². The van der Waals surface area contributed by atoms with Crippen molar-refractivity contribution in [2.45, 2.75) is 34.6 Å². The second-order valence-electron chi connectivity index (χ2n) is 8.78. The molecule has 36 heavy (non-hydrogen) atoms. The number of carbonyl (C=O) groups is 1. The summed E-state index contributed by atoms with van der Waals surface area (Å²) >= 11 is 0. The maximum Gasteiger partial charge on any atom is 0.271 e. The molecule has 0 unspecified atom stereocenters. The third-order valence-corrected chi connectivity index (χ3v) is 6.10. The van der Waals surface area contributed by atoms with Gasteiger partial charge in [0, 0.05) is 46.0 Å². The number of nitrogens with one attached hydrogen (secondary N) is 1. The van der Waals surface area contributed by atoms with Gasteiger partial charge in [0.2, 0.25) is 5.91 Å². The first-order chi connectivity index (χ1) is 17.2. The van der Waals surface area contributed by atoms with Crippen LogP contribution < -0.4 is 10.1 Å². The molecule has 1 amide bonds. The van der Waals surface area contributed by atoms with Gasteiger partial charge in [-0.2, -0.15) is 0 Å². The van der Waals surface area contributed by atoms with Crippen LogP contribution in [0.5, 0.6) is 5.75 Å². The van der Waals surface area contributed by atoms with Crippen LogP contribution in [0.3, 0.4) is 0 Å². The number of anilines is 1. The van der Waals surface area contributed by atoms with Crippen LogP contribution in [0.2, 0.25) is 0 Å². The molecule has 0 bridgehead atoms. The summed E-state index contributed by atoms with van der Waals surface area (Å²) < 4.78 is 12.0. The highest BCUT2D eigenvalue weighted by molar-refractivity contribution is 6.06. The summed E-state index contributed by atoms with van der Waals surface area (Å²) in [5.74, 6) is 0.262. The average molecular weight is 485 g/mol. The number of benzene rings is 3. The van der Waals surface area contributed by atoms with Gasteiger partial charge in [-0.25, -0.2) is 0 Å². The second-order valence-corrected chi connectivity index (χ2v) is 8.78. The number of nitrogens with zero attached hydrogens (tertiary/aromatic N) is 1. The fourth-order valence-electron chi connectivity index (χ4n) is 4.41. The zero-order valence-electron chi connectivity index (χ0n) is 21.0. The highest BCUT2D eigenvalue weighted by Gasteiger charge is 2.20. The third kappa shape index (κ3) is 4.86. The summed E-state index contributed by atoms with van der Waals surface area (Å²) in [6, 6.07) is 14.1. The van der Waals surface area contributed by atoms with Crippen LogP contribution in [0.1, 0.15) is 36.1 Å². The largest absolute Gasteiger partial charge is 0.493 e. The molecule has 1 aromatic heterocycles. The monoisotopic (exact) mass is 484 g/mol. The molecule has 4 aromatic rings. The molecular formula is C29H28N2O5. The number of nitro groups is 1. The lowest BCUT2D eigenvalue weighted by atomic mass is 9.94. The van der Waals surface area contributed by atoms with Gasteiger partial charge in [-0.05, 0) is 63.5 Å². The number of allylic oxidation sites excluding steroid dienone is 1. The summed E-state index contributed by atoms with van der Waals surface area (Å²) in [5.41, 5.74) is 7.72. The smallest absolute Gasteiger partial charge is 0.271 e. The number of non-ortho nitro benzene ring substituents is 1. The van der Waals surface area contributed by atoms with Gasteiger partial charge in [-0.1, -0.05) is 29.8 Å². The molecule has 0 fully saturated rings. The van der Waals surface area contributed by atoms with Gasteiger partial charge in [-0.3, -0.25) is 14.9 Å². The van der Waals surface area contributed by atoms with Crippen molar-refractivity contribution in [3.63, 3.8) is 0 Å². The first kappa shape index (κ1) is 24.7. The van der Waals surface area contributed by atoms with E-state index in [0.29, 0.717) is 23.6 Å². The number of hydrogen-bond acceptors (Lipinski definition) is 5. The van der Waals surface area contributed by atoms with Crippen molar-refractivity contribution in [1.29, 1.82) is 0 Å². The summed E-state index contributed by atoms with van der Waals surface area (Å²) in [6.07, 6.45) is 3.24. The number of carbonyl (C=O) groups excluding carboxylic acids is 1. The van der Waals surface area contributed by atoms with E-state index in [1.54, 1.807) is 12.3 Å². The Kier molecular flexibility index (Phi) is 6.92. The lowest BCUT2D eigenvalue weighted by Gasteiger charge is -2.15. The Balaban J connectivity index is 1.77. The Morgan fingerprint density at radius 3 is 2.58 bits per heavy atom. The predicted molar refractivity (Wildman–Crippen MR) is 142 cm³/mol. The molecule has 1 heterocycles. The zero-order chi connectivity index (χ0) is 26.0. The number of furan rings is 1. The molecule has 3 aromatic carbocycles. The summed E-state index contributed by atoms with van der Waals surface area (Å²) in [7, 11) is 0. The first-order valence-electron chi connectivity index (χ1n) is 11.7. The molecule has 0 spiro atoms. The highest BCUT2D eigenvalue weighted by atomic mass is 16.6. The molecule has 7 nitrogen and oxygen atoms in total. The van der Waals surface area contributed by atoms with Crippen molar-refractivity contribution in [1.82, 2.24) is 0 Å². The van der Waals surface area contributed by atoms with E-state index < -0.39 is 10.8 Å². The predicted octanol–water partition coefficient (Wildman–Crippen LogP) is 7.37. The van der Waals surface area contributed by atoms with Gasteiger partial charge in [-0.15, -0.1) is 0 Å². The maximum absolute atomic E-state index is 12.8. The Bertz CT molecular complexity index is 1510. The van der Waals surface area contributed by atoms with Gasteiger partial charge >= 0.3 is 0 Å². The molecular weight excluding hydrogens is 456 g/mol. The minimum atomic E-state index is -0.499. The standard InChI is InChI=1S/C29H28N2O5/c1-6-35-28-20(5)29-25(26(16-36-29)23-11-10-17(2)12-18(23)3)15-24(28)19(4)13-27(32)30-21-8-7-9-22(14-21)31(33)34/h7-16H,6H2,1-5H3,(H,30,32)/b19-13+. The molecule has 7 heteroatoms. The Hall–Kier alpha value is -4.39. The molecule has 0 aliphatic heterocycles. The summed E-state index contributed by atoms with van der Waals surface area (Å²) in [5, 5.41) is 14.7. The highest BCUT2D eigenvalue weighted by Crippen LogP contribution is 2.41. The fourth-order valence-corrected chi connectivity index (χ4v) is 4.41. The summed E-state index contributed by atoms with van der Waals surface area (Å²) in [6.45, 7) is 10.3. The number of ether oxygens (including phenoxy) is 1. The number of hydrogen-bond donors (Lipinski definition) is 1. The Morgan fingerprint density at radius 2 is 1.89 bits per heavy atom. The molecule has 0 radical (unpaired) electrons. The molecule has 0 aliphatic carbocycles. The van der Waals surface area contributed by atoms with Crippen molar-refractivity contribution in [2.24, 2.45) is 0 Å². The van der Waals surface area contributed by atoms with E-state index in [1.807, 2.05) is 26.8 Å². The van der Waals surface area contributed by atoms with Crippen molar-refractivity contribution in [2.75, 3.05) is 11.9 Å². The number of nitro benzene ring substituents is 1. The van der Waals surface area contributed by atoms with Gasteiger partial charge in [0.25, 0.3) is 5.69 Å². The molecule has 184 valence electrons. The Morgan fingerprint density at radius 1 is 1.11 bits per heavy atom. The molecule has 0 saturated heterocycles. The summed E-state index contributed by atoms with van der Waals surface area (Å²) in [4.78, 5) is 23.3. The zero-order valence-corrected chi connectivity index (χ0v) is 21.0. The third-order valence-electron chi connectivity index (χ3n) is 6.10. The average Bonchev–Trinajstić information content (AvgIpc) is 3.24. The quantitative estimate of drug-likeness (QED) is 0.168. The van der Waals surface area contributed by atoms with Crippen LogP contribution in [-0.2, 0) is 4.79 Å². The Labute approximate surface area is 209 Å². The van der Waals surface area contributed by atoms with Crippen LogP contribution in [0.4, 0.5) is 11.4 Å². The van der Waals surface area contributed by atoms with E-state index in [1.165, 1.54) is 29.8 Å². The SMILES string of the molecule is CCOc1c(/C(C)=C/C(=O)Nc2cccc([N+](=O)[O-])c2)cc2c(-c3ccc(C)cc3C)coc2c1C. The van der Waals surface area contributed by atoms with E-state index in [4.69, 9.17) is 9.15 Å². The van der Waals surface area contributed by atoms with Crippen molar-refractivity contribution in [3.05, 3.63) is 93.2 Å². The van der Waals surface area contributed by atoms with Crippen LogP contribution in [-0.4, -0.2) is 17.4 Å². The molecule has 1 N–H and O–H groups in total. The topological polar surface area (TPSA) is 94.6 Å². The van der Waals surface area contributed by atoms with E-state index in [-0.39, 0.29) is 5.69 Å². The van der Waals surface area contributed by atoms with Gasteiger partial charge in [0.1, 0.15) is 11.3 Å². The lowest BCUT2D eigenvalue weighted by molar-refractivity contribution is -0.384. The minimum absolute atomic E-state index is 0.0907. The lowest BCUT2D eigenvalue weighted by Crippen LogP contribution is -2.09.